The molecule has 0 fully saturated rings. The van der Waals surface area contributed by atoms with Crippen LogP contribution in [0.5, 0.6) is 0 Å². The number of benzene rings is 1. The van der Waals surface area contributed by atoms with Gasteiger partial charge < -0.3 is 5.11 Å². The smallest absolute Gasteiger partial charge is 0.0431 e. The number of thiol groups is 1. The van der Waals surface area contributed by atoms with Crippen molar-refractivity contribution >= 4 is 12.6 Å². The molecule has 1 aromatic rings. The maximum atomic E-state index is 8.73. The zero-order valence-electron chi connectivity index (χ0n) is 12.7. The van der Waals surface area contributed by atoms with Crippen LogP contribution in [0.2, 0.25) is 0 Å². The molecule has 0 aromatic heterocycles. The average Bonchev–Trinajstić information content (AvgIpc) is 2.48. The maximum Gasteiger partial charge on any atom is 0.0431 e. The van der Waals surface area contributed by atoms with Gasteiger partial charge in [0.05, 0.1) is 0 Å². The molecule has 0 atom stereocenters. The Morgan fingerprint density at radius 1 is 0.650 bits per heavy atom. The molecule has 20 heavy (non-hydrogen) atoms. The van der Waals surface area contributed by atoms with Crippen LogP contribution in [-0.4, -0.2) is 17.5 Å². The Morgan fingerprint density at radius 3 is 1.55 bits per heavy atom. The molecule has 0 bridgehead atoms. The summed E-state index contributed by atoms with van der Waals surface area (Å²) in [7, 11) is 0. The molecule has 2 heteroatoms. The Kier molecular flexibility index (Phi) is 10.8. The fourth-order valence-corrected chi connectivity index (χ4v) is 2.69. The Hall–Kier alpha value is -0.470. The van der Waals surface area contributed by atoms with E-state index < -0.39 is 0 Å². The van der Waals surface area contributed by atoms with Crippen molar-refractivity contribution in [2.24, 2.45) is 0 Å². The molecule has 114 valence electrons. The van der Waals surface area contributed by atoms with Crippen molar-refractivity contribution in [1.82, 2.24) is 0 Å². The summed E-state index contributed by atoms with van der Waals surface area (Å²) in [5, 5.41) is 8.73. The first kappa shape index (κ1) is 17.6. The summed E-state index contributed by atoms with van der Waals surface area (Å²) in [5.74, 6) is 1.02. The summed E-state index contributed by atoms with van der Waals surface area (Å²) in [6.45, 7) is 0.336. The molecule has 1 nitrogen and oxygen atoms in total. The van der Waals surface area contributed by atoms with Crippen molar-refractivity contribution < 1.29 is 5.11 Å². The van der Waals surface area contributed by atoms with Crippen LogP contribution in [0.4, 0.5) is 0 Å². The molecule has 1 rings (SSSR count). The summed E-state index contributed by atoms with van der Waals surface area (Å²) in [6.07, 6.45) is 12.1. The van der Waals surface area contributed by atoms with E-state index in [0.29, 0.717) is 6.61 Å². The molecule has 1 N–H and O–H groups in total. The molecular weight excluding hydrogens is 264 g/mol. The van der Waals surface area contributed by atoms with Crippen molar-refractivity contribution in [1.29, 1.82) is 0 Å². The minimum Gasteiger partial charge on any atom is -0.396 e. The molecule has 0 amide bonds. The predicted molar refractivity (Wildman–Crippen MR) is 91.7 cm³/mol. The van der Waals surface area contributed by atoms with Gasteiger partial charge in [-0.3, -0.25) is 0 Å². The van der Waals surface area contributed by atoms with Crippen LogP contribution >= 0.6 is 12.6 Å². The van der Waals surface area contributed by atoms with Crippen LogP contribution < -0.4 is 0 Å². The van der Waals surface area contributed by atoms with E-state index in [1.54, 1.807) is 0 Å². The predicted octanol–water partition coefficient (Wildman–Crippen LogP) is 4.81. The van der Waals surface area contributed by atoms with E-state index >= 15 is 0 Å². The molecule has 0 unspecified atom stereocenters. The van der Waals surface area contributed by atoms with Gasteiger partial charge in [-0.15, -0.1) is 0 Å². The first-order chi connectivity index (χ1) is 9.86. The average molecular weight is 295 g/mol. The standard InChI is InChI=1S/C18H30OS/c19-15-7-3-1-5-9-17-11-13-18(14-12-17)10-6-2-4-8-16-20/h11-14,19-20H,1-10,15-16H2. The van der Waals surface area contributed by atoms with E-state index in [1.807, 2.05) is 0 Å². The second-order valence-corrected chi connectivity index (χ2v) is 6.04. The van der Waals surface area contributed by atoms with Crippen molar-refractivity contribution in [2.45, 2.75) is 64.2 Å². The van der Waals surface area contributed by atoms with Gasteiger partial charge in [-0.05, 0) is 55.4 Å². The number of rotatable bonds is 12. The molecule has 0 aliphatic heterocycles. The third-order valence-electron chi connectivity index (χ3n) is 3.77. The second-order valence-electron chi connectivity index (χ2n) is 5.59. The lowest BCUT2D eigenvalue weighted by molar-refractivity contribution is 0.282. The quantitative estimate of drug-likeness (QED) is 0.418. The number of hydrogen-bond donors (Lipinski definition) is 2. The minimum atomic E-state index is 0.336. The number of aliphatic hydroxyl groups is 1. The summed E-state index contributed by atoms with van der Waals surface area (Å²) >= 11 is 4.24. The van der Waals surface area contributed by atoms with Gasteiger partial charge in [0.2, 0.25) is 0 Å². The van der Waals surface area contributed by atoms with Gasteiger partial charge in [0.25, 0.3) is 0 Å². The lowest BCUT2D eigenvalue weighted by Crippen LogP contribution is -1.90. The number of unbranched alkanes of at least 4 members (excludes halogenated alkanes) is 6. The van der Waals surface area contributed by atoms with Crippen LogP contribution in [0.3, 0.4) is 0 Å². The Labute approximate surface area is 130 Å². The number of aryl methyl sites for hydroxylation is 2. The lowest BCUT2D eigenvalue weighted by atomic mass is 10.0. The summed E-state index contributed by atoms with van der Waals surface area (Å²) in [6, 6.07) is 9.16. The molecular formula is C18H30OS. The fraction of sp³-hybridized carbons (Fsp3) is 0.667. The maximum absolute atomic E-state index is 8.73. The first-order valence-electron chi connectivity index (χ1n) is 8.16. The van der Waals surface area contributed by atoms with Gasteiger partial charge in [0, 0.05) is 6.61 Å². The van der Waals surface area contributed by atoms with Crippen LogP contribution in [-0.2, 0) is 12.8 Å². The van der Waals surface area contributed by atoms with Gasteiger partial charge in [-0.1, -0.05) is 49.9 Å². The Morgan fingerprint density at radius 2 is 1.10 bits per heavy atom. The third-order valence-corrected chi connectivity index (χ3v) is 4.09. The molecule has 0 aliphatic rings. The van der Waals surface area contributed by atoms with Crippen molar-refractivity contribution in [3.05, 3.63) is 35.4 Å². The Balaban J connectivity index is 2.13. The Bertz CT molecular complexity index is 288. The normalized spacial score (nSPS) is 10.9. The molecule has 0 radical (unpaired) electrons. The zero-order chi connectivity index (χ0) is 14.5. The summed E-state index contributed by atoms with van der Waals surface area (Å²) in [4.78, 5) is 0. The van der Waals surface area contributed by atoms with E-state index in [1.165, 1.54) is 62.5 Å². The summed E-state index contributed by atoms with van der Waals surface area (Å²) in [5.41, 5.74) is 2.92. The largest absolute Gasteiger partial charge is 0.396 e. The van der Waals surface area contributed by atoms with Gasteiger partial charge in [0.1, 0.15) is 0 Å². The lowest BCUT2D eigenvalue weighted by Gasteiger charge is -2.05. The van der Waals surface area contributed by atoms with E-state index in [0.717, 1.165) is 18.6 Å². The third kappa shape index (κ3) is 8.65. The van der Waals surface area contributed by atoms with E-state index in [9.17, 15) is 0 Å². The monoisotopic (exact) mass is 294 g/mol. The van der Waals surface area contributed by atoms with Crippen LogP contribution in [0, 0.1) is 0 Å². The van der Waals surface area contributed by atoms with E-state index in [2.05, 4.69) is 36.9 Å². The van der Waals surface area contributed by atoms with Gasteiger partial charge >= 0.3 is 0 Å². The second kappa shape index (κ2) is 12.3. The molecule has 0 saturated heterocycles. The highest BCUT2D eigenvalue weighted by atomic mass is 32.1. The number of hydrogen-bond acceptors (Lipinski definition) is 2. The van der Waals surface area contributed by atoms with Gasteiger partial charge in [-0.2, -0.15) is 12.6 Å². The topological polar surface area (TPSA) is 20.2 Å². The van der Waals surface area contributed by atoms with Crippen LogP contribution in [0.25, 0.3) is 0 Å². The molecule has 0 saturated carbocycles. The van der Waals surface area contributed by atoms with Crippen molar-refractivity contribution in [3.8, 4) is 0 Å². The van der Waals surface area contributed by atoms with E-state index in [4.69, 9.17) is 5.11 Å². The van der Waals surface area contributed by atoms with Gasteiger partial charge in [-0.25, -0.2) is 0 Å². The first-order valence-corrected chi connectivity index (χ1v) is 8.79. The van der Waals surface area contributed by atoms with Crippen LogP contribution in [0.15, 0.2) is 24.3 Å². The van der Waals surface area contributed by atoms with Crippen LogP contribution in [0.1, 0.15) is 62.5 Å². The molecule has 0 aliphatic carbocycles. The van der Waals surface area contributed by atoms with Crippen molar-refractivity contribution in [3.63, 3.8) is 0 Å². The zero-order valence-corrected chi connectivity index (χ0v) is 13.6. The highest BCUT2D eigenvalue weighted by Crippen LogP contribution is 2.12. The van der Waals surface area contributed by atoms with Gasteiger partial charge in [0.15, 0.2) is 0 Å². The minimum absolute atomic E-state index is 0.336. The van der Waals surface area contributed by atoms with Crippen molar-refractivity contribution in [2.75, 3.05) is 12.4 Å². The van der Waals surface area contributed by atoms with E-state index in [-0.39, 0.29) is 0 Å². The molecule has 1 aromatic carbocycles. The fourth-order valence-electron chi connectivity index (χ4n) is 2.46. The SMILES string of the molecule is OCCCCCCc1ccc(CCCCCCS)cc1. The molecule has 0 heterocycles. The molecule has 0 spiro atoms. The highest BCUT2D eigenvalue weighted by molar-refractivity contribution is 7.80. The summed E-state index contributed by atoms with van der Waals surface area (Å²) < 4.78 is 0. The highest BCUT2D eigenvalue weighted by Gasteiger charge is 1.97. The number of aliphatic hydroxyl groups excluding tert-OH is 1.